The average Bonchev–Trinajstić information content (AvgIpc) is 3.61. The summed E-state index contributed by atoms with van der Waals surface area (Å²) in [6.45, 7) is 4.04. The minimum atomic E-state index is -1.02. The quantitative estimate of drug-likeness (QED) is 0.185. The van der Waals surface area contributed by atoms with E-state index in [0.717, 1.165) is 16.0 Å². The number of thiazole rings is 1. The smallest absolute Gasteiger partial charge is 0.301 e. The minimum absolute atomic E-state index is 0.00428. The Hall–Kier alpha value is -4.57. The van der Waals surface area contributed by atoms with Crippen molar-refractivity contribution in [2.45, 2.75) is 32.4 Å². The van der Waals surface area contributed by atoms with E-state index in [-0.39, 0.29) is 34.1 Å². The van der Waals surface area contributed by atoms with Crippen molar-refractivity contribution in [3.63, 3.8) is 0 Å². The van der Waals surface area contributed by atoms with E-state index in [9.17, 15) is 19.8 Å². The number of phenols is 1. The van der Waals surface area contributed by atoms with Gasteiger partial charge in [-0.1, -0.05) is 17.4 Å². The van der Waals surface area contributed by atoms with Crippen molar-refractivity contribution < 1.29 is 34.0 Å². The topological polar surface area (TPSA) is 118 Å². The molecule has 0 saturated carbocycles. The summed E-state index contributed by atoms with van der Waals surface area (Å²) in [6, 6.07) is 14.2. The van der Waals surface area contributed by atoms with Crippen LogP contribution >= 0.6 is 11.3 Å². The molecule has 1 saturated heterocycles. The molecule has 2 aliphatic rings. The zero-order valence-corrected chi connectivity index (χ0v) is 22.8. The van der Waals surface area contributed by atoms with Gasteiger partial charge in [0.15, 0.2) is 16.6 Å². The Labute approximate surface area is 233 Å². The summed E-state index contributed by atoms with van der Waals surface area (Å²) >= 11 is 1.23. The number of Topliss-reactive ketones (excluding diaryl/α,β-unsaturated/α-hetero) is 1. The van der Waals surface area contributed by atoms with Gasteiger partial charge in [0, 0.05) is 12.0 Å². The van der Waals surface area contributed by atoms with Gasteiger partial charge >= 0.3 is 5.91 Å². The summed E-state index contributed by atoms with van der Waals surface area (Å²) in [4.78, 5) is 33.2. The van der Waals surface area contributed by atoms with Gasteiger partial charge in [0.25, 0.3) is 5.78 Å². The molecule has 4 aromatic rings. The number of anilines is 1. The van der Waals surface area contributed by atoms with Crippen LogP contribution in [-0.2, 0) is 16.0 Å². The number of nitrogens with zero attached hydrogens (tertiary/aromatic N) is 2. The van der Waals surface area contributed by atoms with Crippen LogP contribution in [0.3, 0.4) is 0 Å². The highest BCUT2D eigenvalue weighted by atomic mass is 32.1. The van der Waals surface area contributed by atoms with Crippen molar-refractivity contribution in [2.24, 2.45) is 0 Å². The molecular formula is C30H26N2O7S. The molecule has 0 spiro atoms. The fraction of sp³-hybridized carbons (Fsp3) is 0.233. The Morgan fingerprint density at radius 3 is 2.75 bits per heavy atom. The number of aliphatic hydroxyl groups excluding tert-OH is 1. The van der Waals surface area contributed by atoms with Crippen LogP contribution in [0, 0.1) is 0 Å². The fourth-order valence-corrected chi connectivity index (χ4v) is 6.19. The maximum atomic E-state index is 13.6. The molecule has 3 aromatic carbocycles. The molecule has 2 N–H and O–H groups in total. The molecule has 1 amide bonds. The van der Waals surface area contributed by atoms with Crippen LogP contribution < -0.4 is 19.1 Å². The van der Waals surface area contributed by atoms with E-state index in [1.807, 2.05) is 13.0 Å². The summed E-state index contributed by atoms with van der Waals surface area (Å²) < 4.78 is 17.5. The van der Waals surface area contributed by atoms with Crippen molar-refractivity contribution >= 4 is 44.1 Å². The Morgan fingerprint density at radius 1 is 1.15 bits per heavy atom. The van der Waals surface area contributed by atoms with Crippen molar-refractivity contribution in [1.82, 2.24) is 4.98 Å². The molecule has 2 atom stereocenters. The van der Waals surface area contributed by atoms with Gasteiger partial charge in [-0.2, -0.15) is 0 Å². The molecule has 1 aromatic heterocycles. The number of ether oxygens (including phenoxy) is 3. The van der Waals surface area contributed by atoms with Gasteiger partial charge in [-0.05, 0) is 73.5 Å². The van der Waals surface area contributed by atoms with Crippen LogP contribution in [0.2, 0.25) is 0 Å². The molecular weight excluding hydrogens is 532 g/mol. The Morgan fingerprint density at radius 2 is 1.98 bits per heavy atom. The lowest BCUT2D eigenvalue weighted by Gasteiger charge is -2.23. The summed E-state index contributed by atoms with van der Waals surface area (Å²) in [6.07, 6.45) is 0.670. The Bertz CT molecular complexity index is 1710. The van der Waals surface area contributed by atoms with Crippen LogP contribution in [0.15, 0.2) is 60.2 Å². The van der Waals surface area contributed by atoms with Gasteiger partial charge in [0.05, 0.1) is 35.5 Å². The van der Waals surface area contributed by atoms with Crippen LogP contribution in [0.5, 0.6) is 23.0 Å². The second-order valence-electron chi connectivity index (χ2n) is 9.61. The molecule has 1 fully saturated rings. The first-order valence-corrected chi connectivity index (χ1v) is 13.6. The first-order chi connectivity index (χ1) is 19.3. The van der Waals surface area contributed by atoms with Gasteiger partial charge in [-0.15, -0.1) is 0 Å². The zero-order chi connectivity index (χ0) is 28.1. The average molecular weight is 559 g/mol. The van der Waals surface area contributed by atoms with Crippen molar-refractivity contribution in [2.75, 3.05) is 18.6 Å². The molecule has 40 heavy (non-hydrogen) atoms. The lowest BCUT2D eigenvalue weighted by molar-refractivity contribution is -0.132. The zero-order valence-electron chi connectivity index (χ0n) is 22.0. The lowest BCUT2D eigenvalue weighted by atomic mass is 9.94. The first kappa shape index (κ1) is 25.7. The predicted octanol–water partition coefficient (Wildman–Crippen LogP) is 5.36. The number of rotatable bonds is 6. The van der Waals surface area contributed by atoms with Crippen molar-refractivity contribution in [1.29, 1.82) is 0 Å². The highest BCUT2D eigenvalue weighted by Gasteiger charge is 2.48. The number of ketones is 1. The first-order valence-electron chi connectivity index (χ1n) is 12.8. The number of aliphatic hydroxyl groups is 1. The SMILES string of the molecule is CCOc1cc([C@H]2/C(=C(\O)c3ccc4c(c3)C[C@@H](C)O4)C(=O)C(=O)N2c2nc3ccc(OC)cc3s2)ccc1O. The normalized spacial score (nSPS) is 19.6. The van der Waals surface area contributed by atoms with E-state index in [4.69, 9.17) is 14.2 Å². The predicted molar refractivity (Wildman–Crippen MR) is 150 cm³/mol. The molecule has 0 bridgehead atoms. The van der Waals surface area contributed by atoms with E-state index in [2.05, 4.69) is 4.98 Å². The number of methoxy groups -OCH3 is 1. The number of aromatic nitrogens is 1. The van der Waals surface area contributed by atoms with Crippen LogP contribution in [0.25, 0.3) is 16.0 Å². The standard InChI is InChI=1S/C30H26N2O7S/c1-4-38-23-13-16(5-9-21(23)33)26-25(27(34)17-6-10-22-18(12-17)11-15(2)39-22)28(35)29(36)32(26)30-31-20-8-7-19(37-3)14-24(20)40-30/h5-10,12-15,26,33-34H,4,11H2,1-3H3/b27-25+/t15-,26+/m1/s1. The number of hydrogen-bond acceptors (Lipinski definition) is 9. The Kier molecular flexibility index (Phi) is 6.34. The van der Waals surface area contributed by atoms with Gasteiger partial charge in [-0.25, -0.2) is 4.98 Å². The summed E-state index contributed by atoms with van der Waals surface area (Å²) in [5, 5.41) is 22.2. The molecule has 3 heterocycles. The summed E-state index contributed by atoms with van der Waals surface area (Å²) in [7, 11) is 1.56. The summed E-state index contributed by atoms with van der Waals surface area (Å²) in [5.74, 6) is -0.480. The number of carbonyl (C=O) groups excluding carboxylic acids is 2. The third kappa shape index (κ3) is 4.21. The highest BCUT2D eigenvalue weighted by Crippen LogP contribution is 2.46. The molecule has 2 aliphatic heterocycles. The fourth-order valence-electron chi connectivity index (χ4n) is 5.16. The number of hydrogen-bond donors (Lipinski definition) is 2. The van der Waals surface area contributed by atoms with Crippen LogP contribution in [0.1, 0.15) is 36.6 Å². The van der Waals surface area contributed by atoms with Gasteiger partial charge in [0.1, 0.15) is 23.4 Å². The molecule has 6 rings (SSSR count). The molecule has 204 valence electrons. The third-order valence-electron chi connectivity index (χ3n) is 7.00. The number of fused-ring (bicyclic) bond motifs is 2. The maximum absolute atomic E-state index is 13.6. The number of aromatic hydroxyl groups is 1. The van der Waals surface area contributed by atoms with E-state index in [1.54, 1.807) is 56.5 Å². The monoisotopic (exact) mass is 558 g/mol. The van der Waals surface area contributed by atoms with E-state index in [0.29, 0.717) is 35.4 Å². The number of amides is 1. The molecule has 0 aliphatic carbocycles. The number of carbonyl (C=O) groups is 2. The lowest BCUT2D eigenvalue weighted by Crippen LogP contribution is -2.29. The van der Waals surface area contributed by atoms with E-state index in [1.165, 1.54) is 22.3 Å². The molecule has 0 radical (unpaired) electrons. The van der Waals surface area contributed by atoms with Crippen LogP contribution in [0.4, 0.5) is 5.13 Å². The van der Waals surface area contributed by atoms with Gasteiger partial charge in [0.2, 0.25) is 0 Å². The summed E-state index contributed by atoms with van der Waals surface area (Å²) in [5.41, 5.74) is 2.33. The van der Waals surface area contributed by atoms with Gasteiger partial charge in [-0.3, -0.25) is 14.5 Å². The van der Waals surface area contributed by atoms with E-state index < -0.39 is 17.7 Å². The Balaban J connectivity index is 1.54. The number of benzene rings is 3. The number of phenolic OH excluding ortho intramolecular Hbond substituents is 1. The van der Waals surface area contributed by atoms with Gasteiger partial charge < -0.3 is 24.4 Å². The minimum Gasteiger partial charge on any atom is -0.507 e. The maximum Gasteiger partial charge on any atom is 0.301 e. The second-order valence-corrected chi connectivity index (χ2v) is 10.6. The largest absolute Gasteiger partial charge is 0.507 e. The van der Waals surface area contributed by atoms with E-state index >= 15 is 0 Å². The molecule has 9 nitrogen and oxygen atoms in total. The van der Waals surface area contributed by atoms with Crippen molar-refractivity contribution in [3.05, 3.63) is 76.9 Å². The molecule has 0 unspecified atom stereocenters. The molecule has 10 heteroatoms. The van der Waals surface area contributed by atoms with Crippen LogP contribution in [-0.4, -0.2) is 46.7 Å². The second kappa shape index (κ2) is 9.87. The third-order valence-corrected chi connectivity index (χ3v) is 8.02. The van der Waals surface area contributed by atoms with Crippen molar-refractivity contribution in [3.8, 4) is 23.0 Å². The highest BCUT2D eigenvalue weighted by molar-refractivity contribution is 7.22.